The number of hydrogen-bond acceptors (Lipinski definition) is 3. The van der Waals surface area contributed by atoms with E-state index in [2.05, 4.69) is 17.1 Å². The van der Waals surface area contributed by atoms with Crippen molar-refractivity contribution in [2.75, 3.05) is 26.2 Å². The van der Waals surface area contributed by atoms with Crippen molar-refractivity contribution in [1.82, 2.24) is 10.2 Å². The SMILES string of the molecule is CCN1CCCNC(=O)C1CN. The standard InChI is InChI=1S/C8H17N3O/c1-2-11-5-3-4-10-8(12)7(11)6-9/h7H,2-6,9H2,1H3,(H,10,12). The minimum Gasteiger partial charge on any atom is -0.355 e. The first-order valence-electron chi connectivity index (χ1n) is 4.51. The van der Waals surface area contributed by atoms with E-state index < -0.39 is 0 Å². The van der Waals surface area contributed by atoms with Gasteiger partial charge in [-0.3, -0.25) is 9.69 Å². The summed E-state index contributed by atoms with van der Waals surface area (Å²) in [6, 6.07) is -0.113. The Morgan fingerprint density at radius 1 is 1.75 bits per heavy atom. The first-order chi connectivity index (χ1) is 5.79. The zero-order chi connectivity index (χ0) is 8.97. The summed E-state index contributed by atoms with van der Waals surface area (Å²) in [6.07, 6.45) is 1.02. The van der Waals surface area contributed by atoms with Crippen molar-refractivity contribution in [3.05, 3.63) is 0 Å². The van der Waals surface area contributed by atoms with E-state index in [0.29, 0.717) is 6.54 Å². The van der Waals surface area contributed by atoms with Gasteiger partial charge in [0, 0.05) is 19.6 Å². The molecule has 3 N–H and O–H groups in total. The molecule has 1 aliphatic heterocycles. The van der Waals surface area contributed by atoms with Crippen molar-refractivity contribution in [3.63, 3.8) is 0 Å². The molecular weight excluding hydrogens is 154 g/mol. The summed E-state index contributed by atoms with van der Waals surface area (Å²) in [5.41, 5.74) is 5.53. The molecule has 12 heavy (non-hydrogen) atoms. The summed E-state index contributed by atoms with van der Waals surface area (Å²) in [6.45, 7) is 5.12. The minimum absolute atomic E-state index is 0.0804. The van der Waals surface area contributed by atoms with Gasteiger partial charge in [-0.2, -0.15) is 0 Å². The fourth-order valence-electron chi connectivity index (χ4n) is 1.57. The zero-order valence-corrected chi connectivity index (χ0v) is 7.55. The lowest BCUT2D eigenvalue weighted by Crippen LogP contribution is -2.48. The van der Waals surface area contributed by atoms with Gasteiger partial charge >= 0.3 is 0 Å². The van der Waals surface area contributed by atoms with E-state index in [-0.39, 0.29) is 11.9 Å². The third-order valence-corrected chi connectivity index (χ3v) is 2.29. The number of rotatable bonds is 2. The molecule has 1 heterocycles. The number of amides is 1. The van der Waals surface area contributed by atoms with E-state index in [4.69, 9.17) is 5.73 Å². The Morgan fingerprint density at radius 2 is 2.50 bits per heavy atom. The van der Waals surface area contributed by atoms with Crippen molar-refractivity contribution >= 4 is 5.91 Å². The van der Waals surface area contributed by atoms with E-state index in [0.717, 1.165) is 26.1 Å². The van der Waals surface area contributed by atoms with E-state index in [1.54, 1.807) is 0 Å². The molecule has 0 radical (unpaired) electrons. The number of nitrogens with two attached hydrogens (primary N) is 1. The predicted molar refractivity (Wildman–Crippen MR) is 47.7 cm³/mol. The van der Waals surface area contributed by atoms with E-state index in [1.807, 2.05) is 0 Å². The lowest BCUT2D eigenvalue weighted by Gasteiger charge is -2.25. The first-order valence-corrected chi connectivity index (χ1v) is 4.51. The second kappa shape index (κ2) is 4.42. The van der Waals surface area contributed by atoms with Crippen LogP contribution in [0.2, 0.25) is 0 Å². The highest BCUT2D eigenvalue weighted by atomic mass is 16.2. The Balaban J connectivity index is 2.62. The van der Waals surface area contributed by atoms with Crippen LogP contribution in [0.4, 0.5) is 0 Å². The van der Waals surface area contributed by atoms with Gasteiger partial charge in [-0.1, -0.05) is 6.92 Å². The van der Waals surface area contributed by atoms with Crippen LogP contribution in [-0.4, -0.2) is 43.0 Å². The van der Waals surface area contributed by atoms with Crippen LogP contribution in [0.15, 0.2) is 0 Å². The van der Waals surface area contributed by atoms with Gasteiger partial charge in [-0.05, 0) is 13.0 Å². The van der Waals surface area contributed by atoms with Gasteiger partial charge in [-0.15, -0.1) is 0 Å². The number of carbonyl (C=O) groups excluding carboxylic acids is 1. The number of hydrogen-bond donors (Lipinski definition) is 2. The maximum absolute atomic E-state index is 11.4. The quantitative estimate of drug-likeness (QED) is 0.569. The van der Waals surface area contributed by atoms with E-state index >= 15 is 0 Å². The summed E-state index contributed by atoms with van der Waals surface area (Å²) in [4.78, 5) is 13.5. The van der Waals surface area contributed by atoms with Gasteiger partial charge < -0.3 is 11.1 Å². The highest BCUT2D eigenvalue weighted by Crippen LogP contribution is 2.03. The fourth-order valence-corrected chi connectivity index (χ4v) is 1.57. The van der Waals surface area contributed by atoms with Gasteiger partial charge in [-0.25, -0.2) is 0 Å². The molecule has 4 heteroatoms. The van der Waals surface area contributed by atoms with E-state index in [9.17, 15) is 4.79 Å². The predicted octanol–water partition coefficient (Wildman–Crippen LogP) is -0.844. The van der Waals surface area contributed by atoms with Crippen LogP contribution in [0.25, 0.3) is 0 Å². The van der Waals surface area contributed by atoms with Crippen LogP contribution in [0.5, 0.6) is 0 Å². The van der Waals surface area contributed by atoms with Crippen molar-refractivity contribution in [2.45, 2.75) is 19.4 Å². The van der Waals surface area contributed by atoms with Gasteiger partial charge in [0.15, 0.2) is 0 Å². The number of likely N-dealkylation sites (N-methyl/N-ethyl adjacent to an activating group) is 1. The van der Waals surface area contributed by atoms with Gasteiger partial charge in [0.05, 0.1) is 0 Å². The Hall–Kier alpha value is -0.610. The molecule has 0 spiro atoms. The molecule has 0 aromatic heterocycles. The topological polar surface area (TPSA) is 58.4 Å². The summed E-state index contributed by atoms with van der Waals surface area (Å²) in [5.74, 6) is 0.0804. The van der Waals surface area contributed by atoms with Gasteiger partial charge in [0.1, 0.15) is 6.04 Å². The van der Waals surface area contributed by atoms with Crippen molar-refractivity contribution < 1.29 is 4.79 Å². The summed E-state index contributed by atoms with van der Waals surface area (Å²) in [7, 11) is 0. The number of nitrogens with zero attached hydrogens (tertiary/aromatic N) is 1. The first kappa shape index (κ1) is 9.48. The molecule has 1 amide bonds. The van der Waals surface area contributed by atoms with Crippen molar-refractivity contribution in [3.8, 4) is 0 Å². The molecule has 0 aliphatic carbocycles. The Bertz CT molecular complexity index is 160. The van der Waals surface area contributed by atoms with Gasteiger partial charge in [0.2, 0.25) is 5.91 Å². The molecule has 1 fully saturated rings. The second-order valence-electron chi connectivity index (χ2n) is 3.02. The van der Waals surface area contributed by atoms with Crippen LogP contribution >= 0.6 is 0 Å². The third-order valence-electron chi connectivity index (χ3n) is 2.29. The Morgan fingerprint density at radius 3 is 3.08 bits per heavy atom. The zero-order valence-electron chi connectivity index (χ0n) is 7.55. The van der Waals surface area contributed by atoms with Gasteiger partial charge in [0.25, 0.3) is 0 Å². The van der Waals surface area contributed by atoms with Crippen molar-refractivity contribution in [1.29, 1.82) is 0 Å². The Labute approximate surface area is 73.1 Å². The van der Waals surface area contributed by atoms with Crippen LogP contribution in [-0.2, 0) is 4.79 Å². The highest BCUT2D eigenvalue weighted by molar-refractivity contribution is 5.82. The molecule has 70 valence electrons. The lowest BCUT2D eigenvalue weighted by atomic mass is 10.2. The van der Waals surface area contributed by atoms with Crippen LogP contribution in [0.3, 0.4) is 0 Å². The molecule has 0 saturated carbocycles. The van der Waals surface area contributed by atoms with Crippen LogP contribution in [0.1, 0.15) is 13.3 Å². The fraction of sp³-hybridized carbons (Fsp3) is 0.875. The third kappa shape index (κ3) is 1.95. The molecule has 4 nitrogen and oxygen atoms in total. The maximum atomic E-state index is 11.4. The summed E-state index contributed by atoms with van der Waals surface area (Å²) < 4.78 is 0. The number of nitrogens with one attached hydrogen (secondary N) is 1. The lowest BCUT2D eigenvalue weighted by molar-refractivity contribution is -0.125. The second-order valence-corrected chi connectivity index (χ2v) is 3.02. The Kier molecular flexibility index (Phi) is 3.49. The molecule has 1 aliphatic rings. The van der Waals surface area contributed by atoms with Crippen LogP contribution in [0, 0.1) is 0 Å². The molecule has 0 bridgehead atoms. The normalized spacial score (nSPS) is 26.5. The molecule has 0 aromatic rings. The summed E-state index contributed by atoms with van der Waals surface area (Å²) in [5, 5.41) is 2.85. The molecule has 1 rings (SSSR count). The molecule has 0 aromatic carbocycles. The highest BCUT2D eigenvalue weighted by Gasteiger charge is 2.24. The average molecular weight is 171 g/mol. The molecule has 1 atom stereocenters. The molecule has 1 unspecified atom stereocenters. The summed E-state index contributed by atoms with van der Waals surface area (Å²) >= 11 is 0. The van der Waals surface area contributed by atoms with Crippen molar-refractivity contribution in [2.24, 2.45) is 5.73 Å². The molecule has 1 saturated heterocycles. The maximum Gasteiger partial charge on any atom is 0.238 e. The van der Waals surface area contributed by atoms with Crippen LogP contribution < -0.4 is 11.1 Å². The molecular formula is C8H17N3O. The smallest absolute Gasteiger partial charge is 0.238 e. The minimum atomic E-state index is -0.113. The largest absolute Gasteiger partial charge is 0.355 e. The monoisotopic (exact) mass is 171 g/mol. The van der Waals surface area contributed by atoms with E-state index in [1.165, 1.54) is 0 Å². The number of carbonyl (C=O) groups is 1. The average Bonchev–Trinajstić information content (AvgIpc) is 2.26.